The Morgan fingerprint density at radius 1 is 1.05 bits per heavy atom. The molecule has 0 fully saturated rings. The molecule has 0 unspecified atom stereocenters. The van der Waals surface area contributed by atoms with E-state index in [0.29, 0.717) is 11.5 Å². The van der Waals surface area contributed by atoms with Crippen molar-refractivity contribution in [3.05, 3.63) is 32.8 Å². The van der Waals surface area contributed by atoms with Gasteiger partial charge >= 0.3 is 0 Å². The molecule has 0 spiro atoms. The maximum Gasteiger partial charge on any atom is 0.151 e. The molecule has 1 rings (SSSR count). The van der Waals surface area contributed by atoms with E-state index in [-0.39, 0.29) is 10.3 Å². The van der Waals surface area contributed by atoms with Crippen LogP contribution in [0.4, 0.5) is 0 Å². The minimum absolute atomic E-state index is 0.121. The van der Waals surface area contributed by atoms with Crippen LogP contribution < -0.4 is 11.5 Å². The molecule has 0 saturated carbocycles. The lowest BCUT2D eigenvalue weighted by Gasteiger charge is -2.14. The number of thioether (sulfide) groups is 2. The van der Waals surface area contributed by atoms with Gasteiger partial charge in [-0.15, -0.1) is 0 Å². The highest BCUT2D eigenvalue weighted by Gasteiger charge is 2.11. The van der Waals surface area contributed by atoms with Crippen molar-refractivity contribution in [3.8, 4) is 0 Å². The second kappa shape index (κ2) is 7.21. The lowest BCUT2D eigenvalue weighted by molar-refractivity contribution is 1.19. The molecule has 19 heavy (non-hydrogen) atoms. The van der Waals surface area contributed by atoms with E-state index in [4.69, 9.17) is 22.3 Å². The average molecular weight is 361 g/mol. The topological polar surface area (TPSA) is 99.7 Å². The molecule has 4 nitrogen and oxygen atoms in total. The van der Waals surface area contributed by atoms with E-state index in [1.165, 1.54) is 34.7 Å². The van der Waals surface area contributed by atoms with E-state index < -0.39 is 0 Å². The number of rotatable bonds is 4. The molecule has 0 saturated heterocycles. The number of nitrogens with two attached hydrogens (primary N) is 2. The van der Waals surface area contributed by atoms with Crippen molar-refractivity contribution in [2.24, 2.45) is 11.5 Å². The fraction of sp³-hybridized carbons (Fsp3) is 0.333. The molecule has 6 N–H and O–H groups in total. The van der Waals surface area contributed by atoms with E-state index in [0.717, 1.165) is 15.6 Å². The molecule has 0 radical (unpaired) electrons. The Bertz CT molecular complexity index is 475. The molecule has 0 aliphatic heterocycles. The van der Waals surface area contributed by atoms with Crippen molar-refractivity contribution < 1.29 is 0 Å². The molecule has 0 aromatic heterocycles. The molecule has 0 heterocycles. The van der Waals surface area contributed by atoms with Gasteiger partial charge in [0.15, 0.2) is 10.3 Å². The molecule has 0 amide bonds. The molecular formula is C12H17BrN4S2. The number of halogens is 1. The van der Waals surface area contributed by atoms with Crippen LogP contribution in [0.3, 0.4) is 0 Å². The van der Waals surface area contributed by atoms with Gasteiger partial charge in [0.05, 0.1) is 0 Å². The summed E-state index contributed by atoms with van der Waals surface area (Å²) in [5, 5.41) is 14.8. The van der Waals surface area contributed by atoms with Crippen molar-refractivity contribution in [3.63, 3.8) is 0 Å². The summed E-state index contributed by atoms with van der Waals surface area (Å²) in [5.74, 6) is 1.36. The van der Waals surface area contributed by atoms with Gasteiger partial charge in [0.2, 0.25) is 0 Å². The molecule has 104 valence electrons. The minimum Gasteiger partial charge on any atom is -0.379 e. The third-order valence-electron chi connectivity index (χ3n) is 2.74. The summed E-state index contributed by atoms with van der Waals surface area (Å²) in [6.45, 7) is 4.10. The van der Waals surface area contributed by atoms with Crippen molar-refractivity contribution in [2.75, 3.05) is 0 Å². The number of hydrogen-bond acceptors (Lipinski definition) is 4. The van der Waals surface area contributed by atoms with E-state index >= 15 is 0 Å². The highest BCUT2D eigenvalue weighted by Crippen LogP contribution is 2.31. The van der Waals surface area contributed by atoms with E-state index in [1.54, 1.807) is 0 Å². The first kappa shape index (κ1) is 16.4. The van der Waals surface area contributed by atoms with Crippen LogP contribution in [0.2, 0.25) is 0 Å². The zero-order chi connectivity index (χ0) is 14.6. The van der Waals surface area contributed by atoms with Crippen molar-refractivity contribution in [2.45, 2.75) is 25.4 Å². The maximum atomic E-state index is 7.28. The highest BCUT2D eigenvalue weighted by atomic mass is 79.9. The van der Waals surface area contributed by atoms with Crippen LogP contribution in [0.25, 0.3) is 0 Å². The van der Waals surface area contributed by atoms with Crippen molar-refractivity contribution >= 4 is 49.8 Å². The minimum atomic E-state index is 0.121. The third kappa shape index (κ3) is 4.74. The number of amidine groups is 2. The third-order valence-corrected chi connectivity index (χ3v) is 5.46. The Hall–Kier alpha value is -0.660. The smallest absolute Gasteiger partial charge is 0.151 e. The first-order valence-corrected chi connectivity index (χ1v) is 8.30. The summed E-state index contributed by atoms with van der Waals surface area (Å²) < 4.78 is 1.08. The summed E-state index contributed by atoms with van der Waals surface area (Å²) in [5.41, 5.74) is 15.4. The second-order valence-electron chi connectivity index (χ2n) is 4.06. The van der Waals surface area contributed by atoms with Crippen LogP contribution in [0.5, 0.6) is 0 Å². The Balaban J connectivity index is 3.04. The van der Waals surface area contributed by atoms with Gasteiger partial charge in [-0.3, -0.25) is 10.8 Å². The average Bonchev–Trinajstić information content (AvgIpc) is 2.33. The zero-order valence-corrected chi connectivity index (χ0v) is 14.1. The summed E-state index contributed by atoms with van der Waals surface area (Å²) in [7, 11) is 0. The predicted octanol–water partition coefficient (Wildman–Crippen LogP) is 3.32. The van der Waals surface area contributed by atoms with Crippen molar-refractivity contribution in [1.29, 1.82) is 10.8 Å². The molecule has 1 aromatic carbocycles. The van der Waals surface area contributed by atoms with Gasteiger partial charge < -0.3 is 11.5 Å². The van der Waals surface area contributed by atoms with Crippen LogP contribution in [0.15, 0.2) is 10.5 Å². The molecule has 0 bridgehead atoms. The lowest BCUT2D eigenvalue weighted by atomic mass is 10.0. The van der Waals surface area contributed by atoms with Crippen LogP contribution >= 0.6 is 39.5 Å². The molecule has 0 aliphatic carbocycles. The first-order valence-electron chi connectivity index (χ1n) is 5.54. The Kier molecular flexibility index (Phi) is 6.22. The van der Waals surface area contributed by atoms with E-state index in [2.05, 4.69) is 35.8 Å². The highest BCUT2D eigenvalue weighted by molar-refractivity contribution is 9.10. The number of nitrogens with one attached hydrogen (secondary N) is 2. The number of hydrogen-bond donors (Lipinski definition) is 4. The summed E-state index contributed by atoms with van der Waals surface area (Å²) in [6.07, 6.45) is 0. The van der Waals surface area contributed by atoms with Crippen molar-refractivity contribution in [1.82, 2.24) is 0 Å². The Morgan fingerprint density at radius 3 is 1.74 bits per heavy atom. The van der Waals surface area contributed by atoms with Gasteiger partial charge in [0, 0.05) is 16.0 Å². The van der Waals surface area contributed by atoms with Gasteiger partial charge in [-0.05, 0) is 36.1 Å². The standard InChI is InChI=1S/C12H17BrN4S2/c1-6-8(4-18-11(14)15)3-9(5-19-12(16)17)7(2)10(6)13/h3H,4-5H2,1-2H3,(H3,14,15)(H3,16,17). The van der Waals surface area contributed by atoms with E-state index in [1.807, 2.05) is 0 Å². The Morgan fingerprint density at radius 2 is 1.42 bits per heavy atom. The SMILES string of the molecule is Cc1c(CSC(=N)N)cc(CSC(=N)N)c(C)c1Br. The van der Waals surface area contributed by atoms with Gasteiger partial charge in [-0.25, -0.2) is 0 Å². The van der Waals surface area contributed by atoms with Crippen LogP contribution in [-0.2, 0) is 11.5 Å². The van der Waals surface area contributed by atoms with Gasteiger partial charge in [0.25, 0.3) is 0 Å². The molecule has 0 aliphatic rings. The zero-order valence-electron chi connectivity index (χ0n) is 10.8. The number of benzene rings is 1. The fourth-order valence-electron chi connectivity index (χ4n) is 1.60. The first-order chi connectivity index (χ1) is 8.82. The van der Waals surface area contributed by atoms with Gasteiger partial charge in [0.1, 0.15) is 0 Å². The lowest BCUT2D eigenvalue weighted by Crippen LogP contribution is -2.06. The fourth-order valence-corrected chi connectivity index (χ4v) is 3.33. The maximum absolute atomic E-state index is 7.28. The summed E-state index contributed by atoms with van der Waals surface area (Å²) >= 11 is 6.23. The summed E-state index contributed by atoms with van der Waals surface area (Å²) in [4.78, 5) is 0. The molecule has 7 heteroatoms. The predicted molar refractivity (Wildman–Crippen MR) is 90.0 cm³/mol. The van der Waals surface area contributed by atoms with Gasteiger partial charge in [-0.1, -0.05) is 45.5 Å². The quantitative estimate of drug-likeness (QED) is 0.488. The largest absolute Gasteiger partial charge is 0.379 e. The normalized spacial score (nSPS) is 10.5. The van der Waals surface area contributed by atoms with Crippen LogP contribution in [0, 0.1) is 24.7 Å². The van der Waals surface area contributed by atoms with Crippen LogP contribution in [-0.4, -0.2) is 10.3 Å². The van der Waals surface area contributed by atoms with Gasteiger partial charge in [-0.2, -0.15) is 0 Å². The monoisotopic (exact) mass is 360 g/mol. The Labute approximate surface area is 130 Å². The van der Waals surface area contributed by atoms with E-state index in [9.17, 15) is 0 Å². The molecule has 1 aromatic rings. The second-order valence-corrected chi connectivity index (χ2v) is 6.89. The van der Waals surface area contributed by atoms with Crippen LogP contribution in [0.1, 0.15) is 22.3 Å². The molecular weight excluding hydrogens is 344 g/mol. The summed E-state index contributed by atoms with van der Waals surface area (Å²) in [6, 6.07) is 2.11. The molecule has 0 atom stereocenters.